The van der Waals surface area contributed by atoms with E-state index >= 15 is 0 Å². The van der Waals surface area contributed by atoms with Crippen LogP contribution >= 0.6 is 0 Å². The molecule has 0 radical (unpaired) electrons. The zero-order valence-electron chi connectivity index (χ0n) is 12.4. The number of nitrogens with two attached hydrogens (primary N) is 1. The van der Waals surface area contributed by atoms with Crippen molar-refractivity contribution in [1.82, 2.24) is 5.32 Å². The quantitative estimate of drug-likeness (QED) is 0.813. The highest BCUT2D eigenvalue weighted by atomic mass is 19.3. The molecule has 2 rings (SSSR count). The summed E-state index contributed by atoms with van der Waals surface area (Å²) >= 11 is 0. The Kier molecular flexibility index (Phi) is 6.12. The third-order valence-corrected chi connectivity index (χ3v) is 4.10. The Morgan fingerprint density at radius 1 is 1.32 bits per heavy atom. The monoisotopic (exact) mass is 312 g/mol. The fourth-order valence-electron chi connectivity index (χ4n) is 2.88. The first-order valence-corrected chi connectivity index (χ1v) is 7.61. The summed E-state index contributed by atoms with van der Waals surface area (Å²) in [6.45, 7) is -2.21. The van der Waals surface area contributed by atoms with Crippen LogP contribution < -0.4 is 15.8 Å². The van der Waals surface area contributed by atoms with Crippen molar-refractivity contribution in [3.8, 4) is 5.75 Å². The van der Waals surface area contributed by atoms with Crippen molar-refractivity contribution in [2.45, 2.75) is 44.8 Å². The number of alkyl halides is 2. The van der Waals surface area contributed by atoms with Gasteiger partial charge in [-0.1, -0.05) is 18.6 Å². The molecule has 1 aliphatic rings. The molecule has 1 aromatic rings. The van der Waals surface area contributed by atoms with Crippen molar-refractivity contribution < 1.29 is 18.3 Å². The topological polar surface area (TPSA) is 64.3 Å². The SMILES string of the molecule is NCC1CCCC1NC(=O)CCc1ccc(OC(F)F)cc1. The van der Waals surface area contributed by atoms with Gasteiger partial charge in [0.25, 0.3) is 0 Å². The summed E-state index contributed by atoms with van der Waals surface area (Å²) in [6, 6.07) is 6.56. The van der Waals surface area contributed by atoms with Crippen molar-refractivity contribution in [2.75, 3.05) is 6.54 Å². The maximum Gasteiger partial charge on any atom is 0.387 e. The summed E-state index contributed by atoms with van der Waals surface area (Å²) in [7, 11) is 0. The normalized spacial score (nSPS) is 21.1. The van der Waals surface area contributed by atoms with Crippen molar-refractivity contribution >= 4 is 5.91 Å². The summed E-state index contributed by atoms with van der Waals surface area (Å²) in [5.41, 5.74) is 6.61. The molecule has 0 saturated heterocycles. The van der Waals surface area contributed by atoms with E-state index in [1.807, 2.05) is 0 Å². The Balaban J connectivity index is 1.76. The smallest absolute Gasteiger partial charge is 0.387 e. The lowest BCUT2D eigenvalue weighted by Gasteiger charge is -2.19. The molecule has 122 valence electrons. The first-order chi connectivity index (χ1) is 10.6. The fraction of sp³-hybridized carbons (Fsp3) is 0.562. The van der Waals surface area contributed by atoms with E-state index in [0.29, 0.717) is 25.3 Å². The van der Waals surface area contributed by atoms with Crippen LogP contribution in [0.2, 0.25) is 0 Å². The number of halogens is 2. The summed E-state index contributed by atoms with van der Waals surface area (Å²) in [4.78, 5) is 12.0. The fourth-order valence-corrected chi connectivity index (χ4v) is 2.88. The van der Waals surface area contributed by atoms with Gasteiger partial charge in [0.05, 0.1) is 0 Å². The Morgan fingerprint density at radius 3 is 2.68 bits per heavy atom. The van der Waals surface area contributed by atoms with Gasteiger partial charge in [-0.05, 0) is 49.4 Å². The van der Waals surface area contributed by atoms with Gasteiger partial charge in [-0.25, -0.2) is 0 Å². The standard InChI is InChI=1S/C16H22F2N2O2/c17-16(18)22-13-7-4-11(5-8-13)6-9-15(21)20-14-3-1-2-12(14)10-19/h4-5,7-8,12,14,16H,1-3,6,9-10,19H2,(H,20,21). The Labute approximate surface area is 129 Å². The predicted octanol–water partition coefficient (Wildman–Crippen LogP) is 2.46. The predicted molar refractivity (Wildman–Crippen MR) is 79.7 cm³/mol. The zero-order valence-corrected chi connectivity index (χ0v) is 12.4. The van der Waals surface area contributed by atoms with Crippen LogP contribution in [0.15, 0.2) is 24.3 Å². The number of carbonyl (C=O) groups excluding carboxylic acids is 1. The van der Waals surface area contributed by atoms with Gasteiger partial charge in [-0.15, -0.1) is 0 Å². The first-order valence-electron chi connectivity index (χ1n) is 7.61. The lowest BCUT2D eigenvalue weighted by atomic mass is 10.0. The van der Waals surface area contributed by atoms with E-state index in [0.717, 1.165) is 24.8 Å². The van der Waals surface area contributed by atoms with Gasteiger partial charge in [0.1, 0.15) is 5.75 Å². The van der Waals surface area contributed by atoms with Crippen LogP contribution in [-0.2, 0) is 11.2 Å². The largest absolute Gasteiger partial charge is 0.435 e. The van der Waals surface area contributed by atoms with Crippen molar-refractivity contribution in [3.05, 3.63) is 29.8 Å². The second-order valence-electron chi connectivity index (χ2n) is 5.62. The van der Waals surface area contributed by atoms with E-state index in [4.69, 9.17) is 5.73 Å². The highest BCUT2D eigenvalue weighted by molar-refractivity contribution is 5.76. The molecule has 2 unspecified atom stereocenters. The molecule has 2 atom stereocenters. The minimum Gasteiger partial charge on any atom is -0.435 e. The Bertz CT molecular complexity index is 480. The van der Waals surface area contributed by atoms with Crippen molar-refractivity contribution in [2.24, 2.45) is 11.7 Å². The summed E-state index contributed by atoms with van der Waals surface area (Å²) in [5.74, 6) is 0.521. The number of aryl methyl sites for hydroxylation is 1. The molecule has 4 nitrogen and oxygen atoms in total. The summed E-state index contributed by atoms with van der Waals surface area (Å²) in [6.07, 6.45) is 4.13. The highest BCUT2D eigenvalue weighted by Crippen LogP contribution is 2.24. The van der Waals surface area contributed by atoms with Crippen LogP contribution in [-0.4, -0.2) is 25.1 Å². The molecule has 1 saturated carbocycles. The number of hydrogen-bond acceptors (Lipinski definition) is 3. The maximum absolute atomic E-state index is 12.0. The van der Waals surface area contributed by atoms with Crippen LogP contribution in [0, 0.1) is 5.92 Å². The number of nitrogens with one attached hydrogen (secondary N) is 1. The summed E-state index contributed by atoms with van der Waals surface area (Å²) < 4.78 is 28.4. The van der Waals surface area contributed by atoms with Gasteiger partial charge in [0.15, 0.2) is 0 Å². The van der Waals surface area contributed by atoms with Crippen LogP contribution in [0.5, 0.6) is 5.75 Å². The van der Waals surface area contributed by atoms with E-state index in [1.54, 1.807) is 12.1 Å². The van der Waals surface area contributed by atoms with Crippen LogP contribution in [0.4, 0.5) is 8.78 Å². The highest BCUT2D eigenvalue weighted by Gasteiger charge is 2.26. The van der Waals surface area contributed by atoms with Gasteiger partial charge in [-0.3, -0.25) is 4.79 Å². The van der Waals surface area contributed by atoms with Gasteiger partial charge >= 0.3 is 6.61 Å². The van der Waals surface area contributed by atoms with Gasteiger partial charge in [-0.2, -0.15) is 8.78 Å². The Hall–Kier alpha value is -1.69. The number of ether oxygens (including phenoxy) is 1. The minimum atomic E-state index is -2.82. The molecule has 0 spiro atoms. The number of benzene rings is 1. The van der Waals surface area contributed by atoms with E-state index in [1.165, 1.54) is 12.1 Å². The van der Waals surface area contributed by atoms with E-state index in [-0.39, 0.29) is 17.7 Å². The average molecular weight is 312 g/mol. The molecule has 1 amide bonds. The van der Waals surface area contributed by atoms with Crippen molar-refractivity contribution in [1.29, 1.82) is 0 Å². The van der Waals surface area contributed by atoms with Gasteiger partial charge < -0.3 is 15.8 Å². The molecule has 0 aliphatic heterocycles. The second kappa shape index (κ2) is 8.08. The molecular formula is C16H22F2N2O2. The number of rotatable bonds is 7. The molecule has 0 bridgehead atoms. The van der Waals surface area contributed by atoms with E-state index < -0.39 is 6.61 Å². The van der Waals surface area contributed by atoms with Crippen LogP contribution in [0.1, 0.15) is 31.2 Å². The second-order valence-corrected chi connectivity index (χ2v) is 5.62. The van der Waals surface area contributed by atoms with E-state index in [2.05, 4.69) is 10.1 Å². The number of amides is 1. The average Bonchev–Trinajstić information content (AvgIpc) is 2.93. The molecule has 1 fully saturated rings. The third-order valence-electron chi connectivity index (χ3n) is 4.10. The molecule has 3 N–H and O–H groups in total. The molecule has 6 heteroatoms. The van der Waals surface area contributed by atoms with Crippen molar-refractivity contribution in [3.63, 3.8) is 0 Å². The molecular weight excluding hydrogens is 290 g/mol. The molecule has 0 heterocycles. The maximum atomic E-state index is 12.0. The number of hydrogen-bond donors (Lipinski definition) is 2. The van der Waals surface area contributed by atoms with E-state index in [9.17, 15) is 13.6 Å². The Morgan fingerprint density at radius 2 is 2.05 bits per heavy atom. The first kappa shape index (κ1) is 16.7. The lowest BCUT2D eigenvalue weighted by Crippen LogP contribution is -2.39. The van der Waals surface area contributed by atoms with Crippen LogP contribution in [0.3, 0.4) is 0 Å². The van der Waals surface area contributed by atoms with Gasteiger partial charge in [0, 0.05) is 12.5 Å². The minimum absolute atomic E-state index is 0.0123. The molecule has 1 aliphatic carbocycles. The molecule has 1 aromatic carbocycles. The molecule has 22 heavy (non-hydrogen) atoms. The molecule has 0 aromatic heterocycles. The van der Waals surface area contributed by atoms with Gasteiger partial charge in [0.2, 0.25) is 5.91 Å². The summed E-state index contributed by atoms with van der Waals surface area (Å²) in [5, 5.41) is 3.04. The number of carbonyl (C=O) groups is 1. The van der Waals surface area contributed by atoms with Crippen LogP contribution in [0.25, 0.3) is 0 Å². The third kappa shape index (κ3) is 4.94. The lowest BCUT2D eigenvalue weighted by molar-refractivity contribution is -0.122. The zero-order chi connectivity index (χ0) is 15.9.